The molecule has 0 unspecified atom stereocenters. The zero-order valence-corrected chi connectivity index (χ0v) is 11.2. The Bertz CT molecular complexity index is 429. The molecule has 17 heavy (non-hydrogen) atoms. The van der Waals surface area contributed by atoms with E-state index < -0.39 is 12.4 Å². The van der Waals surface area contributed by atoms with Gasteiger partial charge in [0.1, 0.15) is 10.8 Å². The van der Waals surface area contributed by atoms with Crippen LogP contribution in [0, 0.1) is 0 Å². The van der Waals surface area contributed by atoms with Crippen molar-refractivity contribution in [1.82, 2.24) is 4.98 Å². The summed E-state index contributed by atoms with van der Waals surface area (Å²) in [5.74, 6) is -0.683. The number of aromatic nitrogens is 1. The third kappa shape index (κ3) is 3.35. The Morgan fingerprint density at radius 2 is 2.29 bits per heavy atom. The van der Waals surface area contributed by atoms with Gasteiger partial charge in [0.25, 0.3) is 6.43 Å². The molecule has 1 aromatic heterocycles. The van der Waals surface area contributed by atoms with Crippen LogP contribution in [0.4, 0.5) is 8.78 Å². The molecule has 0 N–H and O–H groups in total. The summed E-state index contributed by atoms with van der Waals surface area (Å²) in [7, 11) is 0. The first kappa shape index (κ1) is 14.3. The minimum atomic E-state index is -2.74. The van der Waals surface area contributed by atoms with E-state index in [4.69, 9.17) is 16.3 Å². The molecule has 0 aromatic carbocycles. The molecule has 94 valence electrons. The summed E-state index contributed by atoms with van der Waals surface area (Å²) in [5.41, 5.74) is -0.213. The first-order chi connectivity index (χ1) is 8.01. The molecule has 0 aliphatic rings. The maximum absolute atomic E-state index is 12.7. The van der Waals surface area contributed by atoms with Gasteiger partial charge in [0.2, 0.25) is 0 Å². The Labute approximate surface area is 110 Å². The number of alkyl halides is 3. The molecule has 0 amide bonds. The Hall–Kier alpha value is -0.750. The van der Waals surface area contributed by atoms with Gasteiger partial charge in [0, 0.05) is 5.33 Å². The second-order valence-corrected chi connectivity index (χ2v) is 3.94. The summed E-state index contributed by atoms with van der Waals surface area (Å²) in [5, 5.41) is -0.221. The van der Waals surface area contributed by atoms with Gasteiger partial charge in [-0.05, 0) is 18.6 Å². The molecule has 0 bridgehead atoms. The highest BCUT2D eigenvalue weighted by molar-refractivity contribution is 9.08. The van der Waals surface area contributed by atoms with Crippen LogP contribution < -0.4 is 0 Å². The van der Waals surface area contributed by atoms with E-state index in [1.54, 1.807) is 6.92 Å². The summed E-state index contributed by atoms with van der Waals surface area (Å²) in [6.45, 7) is 1.82. The zero-order chi connectivity index (χ0) is 13.0. The molecule has 0 aliphatic carbocycles. The lowest BCUT2D eigenvalue weighted by atomic mass is 10.1. The highest BCUT2D eigenvalue weighted by Crippen LogP contribution is 2.31. The molecule has 0 saturated heterocycles. The van der Waals surface area contributed by atoms with Crippen molar-refractivity contribution in [3.63, 3.8) is 0 Å². The molecule has 0 fully saturated rings. The topological polar surface area (TPSA) is 39.2 Å². The number of pyridine rings is 1. The first-order valence-corrected chi connectivity index (χ1v) is 6.21. The summed E-state index contributed by atoms with van der Waals surface area (Å²) >= 11 is 8.69. The van der Waals surface area contributed by atoms with E-state index >= 15 is 0 Å². The molecule has 1 heterocycles. The lowest BCUT2D eigenvalue weighted by Gasteiger charge is -2.10. The SMILES string of the molecule is CCOC(=O)c1cc(CBr)c(C(F)F)c(Cl)n1. The smallest absolute Gasteiger partial charge is 0.356 e. The number of hydrogen-bond donors (Lipinski definition) is 0. The van der Waals surface area contributed by atoms with Crippen LogP contribution in [-0.2, 0) is 10.1 Å². The second-order valence-electron chi connectivity index (χ2n) is 3.03. The fourth-order valence-corrected chi connectivity index (χ4v) is 1.98. The van der Waals surface area contributed by atoms with Crippen molar-refractivity contribution in [1.29, 1.82) is 0 Å². The summed E-state index contributed by atoms with van der Waals surface area (Å²) in [6, 6.07) is 1.25. The maximum atomic E-state index is 12.7. The van der Waals surface area contributed by atoms with Gasteiger partial charge in [0.15, 0.2) is 0 Å². The van der Waals surface area contributed by atoms with Gasteiger partial charge in [-0.2, -0.15) is 0 Å². The minimum Gasteiger partial charge on any atom is -0.461 e. The van der Waals surface area contributed by atoms with Gasteiger partial charge < -0.3 is 4.74 Å². The van der Waals surface area contributed by atoms with Crippen molar-refractivity contribution in [3.8, 4) is 0 Å². The predicted molar refractivity (Wildman–Crippen MR) is 62.8 cm³/mol. The average molecular weight is 329 g/mol. The van der Waals surface area contributed by atoms with Crippen LogP contribution in [0.15, 0.2) is 6.07 Å². The molecule has 1 aromatic rings. The van der Waals surface area contributed by atoms with E-state index in [1.807, 2.05) is 0 Å². The van der Waals surface area contributed by atoms with Crippen molar-refractivity contribution in [2.45, 2.75) is 18.7 Å². The molecular weight excluding hydrogens is 319 g/mol. The molecule has 1 rings (SSSR count). The van der Waals surface area contributed by atoms with E-state index in [0.717, 1.165) is 0 Å². The third-order valence-corrected chi connectivity index (χ3v) is 2.84. The van der Waals surface area contributed by atoms with Crippen LogP contribution in [0.2, 0.25) is 5.15 Å². The fraction of sp³-hybridized carbons (Fsp3) is 0.400. The molecule has 3 nitrogen and oxygen atoms in total. The summed E-state index contributed by atoms with van der Waals surface area (Å²) in [6.07, 6.45) is -2.74. The molecule has 7 heteroatoms. The van der Waals surface area contributed by atoms with Crippen LogP contribution in [0.3, 0.4) is 0 Å². The highest BCUT2D eigenvalue weighted by atomic mass is 79.9. The van der Waals surface area contributed by atoms with Crippen molar-refractivity contribution in [2.75, 3.05) is 6.61 Å². The van der Waals surface area contributed by atoms with Crippen molar-refractivity contribution in [3.05, 3.63) is 28.0 Å². The number of carbonyl (C=O) groups is 1. The van der Waals surface area contributed by atoms with Gasteiger partial charge in [-0.3, -0.25) is 0 Å². The van der Waals surface area contributed by atoms with E-state index in [2.05, 4.69) is 20.9 Å². The number of hydrogen-bond acceptors (Lipinski definition) is 3. The largest absolute Gasteiger partial charge is 0.461 e. The van der Waals surface area contributed by atoms with Crippen molar-refractivity contribution < 1.29 is 18.3 Å². The normalized spacial score (nSPS) is 10.7. The van der Waals surface area contributed by atoms with Gasteiger partial charge in [-0.15, -0.1) is 0 Å². The molecule has 0 spiro atoms. The summed E-state index contributed by atoms with van der Waals surface area (Å²) in [4.78, 5) is 15.0. The standard InChI is InChI=1S/C10H9BrClF2NO2/c1-2-17-10(16)6-3-5(4-11)7(9(13)14)8(12)15-6/h3,9H,2,4H2,1H3. The van der Waals surface area contributed by atoms with Crippen molar-refractivity contribution >= 4 is 33.5 Å². The lowest BCUT2D eigenvalue weighted by Crippen LogP contribution is -2.09. The number of carbonyl (C=O) groups excluding carboxylic acids is 1. The maximum Gasteiger partial charge on any atom is 0.356 e. The van der Waals surface area contributed by atoms with Gasteiger partial charge in [-0.25, -0.2) is 18.6 Å². The summed E-state index contributed by atoms with van der Waals surface area (Å²) < 4.78 is 30.1. The van der Waals surface area contributed by atoms with Crippen LogP contribution in [0.1, 0.15) is 35.0 Å². The molecule has 0 atom stereocenters. The molecule has 0 radical (unpaired) electrons. The van der Waals surface area contributed by atoms with E-state index in [-0.39, 0.29) is 33.9 Å². The Morgan fingerprint density at radius 1 is 1.65 bits per heavy atom. The molecule has 0 aliphatic heterocycles. The zero-order valence-electron chi connectivity index (χ0n) is 8.84. The molecule has 0 saturated carbocycles. The number of rotatable bonds is 4. The van der Waals surface area contributed by atoms with Crippen LogP contribution >= 0.6 is 27.5 Å². The van der Waals surface area contributed by atoms with E-state index in [1.165, 1.54) is 6.07 Å². The quantitative estimate of drug-likeness (QED) is 0.480. The Kier molecular flexibility index (Phi) is 5.27. The molecular formula is C10H9BrClF2NO2. The number of esters is 1. The van der Waals surface area contributed by atoms with Crippen LogP contribution in [0.5, 0.6) is 0 Å². The Morgan fingerprint density at radius 3 is 2.76 bits per heavy atom. The lowest BCUT2D eigenvalue weighted by molar-refractivity contribution is 0.0518. The first-order valence-electron chi connectivity index (χ1n) is 4.71. The van der Waals surface area contributed by atoms with Crippen molar-refractivity contribution in [2.24, 2.45) is 0 Å². The monoisotopic (exact) mass is 327 g/mol. The third-order valence-electron chi connectivity index (χ3n) is 1.94. The van der Waals surface area contributed by atoms with E-state index in [0.29, 0.717) is 0 Å². The highest BCUT2D eigenvalue weighted by Gasteiger charge is 2.21. The van der Waals surface area contributed by atoms with Gasteiger partial charge in [-0.1, -0.05) is 27.5 Å². The minimum absolute atomic E-state index is 0.0734. The second kappa shape index (κ2) is 6.26. The average Bonchev–Trinajstić information content (AvgIpc) is 2.27. The number of halogens is 4. The van der Waals surface area contributed by atoms with Crippen LogP contribution in [0.25, 0.3) is 0 Å². The predicted octanol–water partition coefficient (Wildman–Crippen LogP) is 3.74. The number of ether oxygens (including phenoxy) is 1. The Balaban J connectivity index is 3.22. The van der Waals surface area contributed by atoms with E-state index in [9.17, 15) is 13.6 Å². The van der Waals surface area contributed by atoms with Crippen LogP contribution in [-0.4, -0.2) is 17.6 Å². The number of nitrogens with zero attached hydrogens (tertiary/aromatic N) is 1. The van der Waals surface area contributed by atoms with Gasteiger partial charge >= 0.3 is 5.97 Å². The van der Waals surface area contributed by atoms with Gasteiger partial charge in [0.05, 0.1) is 12.2 Å². The fourth-order valence-electron chi connectivity index (χ4n) is 1.22.